The number of thioether (sulfide) groups is 1. The molecular weight excluding hydrogens is 224 g/mol. The molecule has 1 heterocycles. The van der Waals surface area contributed by atoms with Crippen molar-refractivity contribution in [3.63, 3.8) is 0 Å². The van der Waals surface area contributed by atoms with Gasteiger partial charge in [-0.15, -0.1) is 0 Å². The minimum absolute atomic E-state index is 0.229. The average Bonchev–Trinajstić information content (AvgIpc) is 2.29. The van der Waals surface area contributed by atoms with Gasteiger partial charge >= 0.3 is 5.97 Å². The lowest BCUT2D eigenvalue weighted by molar-refractivity contribution is 0.0697. The highest BCUT2D eigenvalue weighted by molar-refractivity contribution is 7.98. The van der Waals surface area contributed by atoms with Crippen LogP contribution >= 0.6 is 11.8 Å². The van der Waals surface area contributed by atoms with Gasteiger partial charge in [-0.05, 0) is 30.9 Å². The van der Waals surface area contributed by atoms with E-state index in [2.05, 4.69) is 16.6 Å². The van der Waals surface area contributed by atoms with Crippen molar-refractivity contribution in [2.75, 3.05) is 23.9 Å². The smallest absolute Gasteiger partial charge is 0.339 e. The third-order valence-corrected chi connectivity index (χ3v) is 2.84. The Hall–Kier alpha value is -1.23. The third kappa shape index (κ3) is 4.10. The minimum Gasteiger partial charge on any atom is -0.478 e. The summed E-state index contributed by atoms with van der Waals surface area (Å²) < 4.78 is 0. The molecule has 88 valence electrons. The van der Waals surface area contributed by atoms with E-state index >= 15 is 0 Å². The molecule has 0 fully saturated rings. The fourth-order valence-corrected chi connectivity index (χ4v) is 1.81. The standard InChI is InChI=1S/C11H16N2O2S/c1-16-7-3-2-5-13-10-4-6-12-8-9(10)11(14)15/h4,6,8H,2-3,5,7H2,1H3,(H,12,13)(H,14,15). The van der Waals surface area contributed by atoms with Gasteiger partial charge in [0, 0.05) is 18.9 Å². The summed E-state index contributed by atoms with van der Waals surface area (Å²) in [5, 5.41) is 12.0. The molecule has 0 radical (unpaired) electrons. The summed E-state index contributed by atoms with van der Waals surface area (Å²) in [7, 11) is 0. The van der Waals surface area contributed by atoms with Crippen LogP contribution < -0.4 is 5.32 Å². The quantitative estimate of drug-likeness (QED) is 0.716. The van der Waals surface area contributed by atoms with E-state index in [-0.39, 0.29) is 5.56 Å². The van der Waals surface area contributed by atoms with Crippen LogP contribution in [0.1, 0.15) is 23.2 Å². The molecular formula is C11H16N2O2S. The number of rotatable bonds is 7. The van der Waals surface area contributed by atoms with Gasteiger partial charge in [0.1, 0.15) is 5.56 Å². The summed E-state index contributed by atoms with van der Waals surface area (Å²) in [5.74, 6) is 0.198. The van der Waals surface area contributed by atoms with E-state index < -0.39 is 5.97 Å². The van der Waals surface area contributed by atoms with Crippen LogP contribution in [0.15, 0.2) is 18.5 Å². The number of carboxylic acids is 1. The molecule has 0 bridgehead atoms. The van der Waals surface area contributed by atoms with Gasteiger partial charge in [-0.2, -0.15) is 11.8 Å². The number of anilines is 1. The zero-order chi connectivity index (χ0) is 11.8. The first-order valence-corrected chi connectivity index (χ1v) is 6.55. The van der Waals surface area contributed by atoms with Crippen molar-refractivity contribution in [3.05, 3.63) is 24.0 Å². The summed E-state index contributed by atoms with van der Waals surface area (Å²) >= 11 is 1.82. The maximum atomic E-state index is 10.9. The van der Waals surface area contributed by atoms with Gasteiger partial charge in [0.15, 0.2) is 0 Å². The van der Waals surface area contributed by atoms with Crippen LogP contribution in [0.5, 0.6) is 0 Å². The summed E-state index contributed by atoms with van der Waals surface area (Å²) in [5.41, 5.74) is 0.874. The molecule has 1 aromatic rings. The molecule has 2 N–H and O–H groups in total. The summed E-state index contributed by atoms with van der Waals surface area (Å²) in [6, 6.07) is 1.69. The molecule has 5 heteroatoms. The largest absolute Gasteiger partial charge is 0.478 e. The first-order valence-electron chi connectivity index (χ1n) is 5.16. The molecule has 0 aromatic carbocycles. The van der Waals surface area contributed by atoms with Gasteiger partial charge in [-0.25, -0.2) is 4.79 Å². The van der Waals surface area contributed by atoms with E-state index in [0.717, 1.165) is 25.1 Å². The first-order chi connectivity index (χ1) is 7.75. The van der Waals surface area contributed by atoms with Crippen molar-refractivity contribution in [2.24, 2.45) is 0 Å². The van der Waals surface area contributed by atoms with Gasteiger partial charge in [-0.1, -0.05) is 0 Å². The van der Waals surface area contributed by atoms with Gasteiger partial charge < -0.3 is 10.4 Å². The number of carbonyl (C=O) groups is 1. The van der Waals surface area contributed by atoms with E-state index in [1.165, 1.54) is 6.20 Å². The van der Waals surface area contributed by atoms with E-state index in [9.17, 15) is 4.79 Å². The second-order valence-electron chi connectivity index (χ2n) is 3.35. The minimum atomic E-state index is -0.945. The van der Waals surface area contributed by atoms with Crippen LogP contribution in [0.2, 0.25) is 0 Å². The molecule has 0 unspecified atom stereocenters. The lowest BCUT2D eigenvalue weighted by Crippen LogP contribution is -2.08. The Morgan fingerprint density at radius 3 is 3.06 bits per heavy atom. The molecule has 0 aliphatic heterocycles. The highest BCUT2D eigenvalue weighted by atomic mass is 32.2. The summed E-state index contributed by atoms with van der Waals surface area (Å²) in [4.78, 5) is 14.7. The number of aromatic nitrogens is 1. The molecule has 0 saturated carbocycles. The predicted molar refractivity (Wildman–Crippen MR) is 67.3 cm³/mol. The fourth-order valence-electron chi connectivity index (χ4n) is 1.31. The molecule has 0 amide bonds. The Labute approximate surface area is 99.5 Å². The van der Waals surface area contributed by atoms with Crippen LogP contribution in [0.25, 0.3) is 0 Å². The van der Waals surface area contributed by atoms with Crippen LogP contribution in [0, 0.1) is 0 Å². The number of pyridine rings is 1. The fraction of sp³-hybridized carbons (Fsp3) is 0.455. The second-order valence-corrected chi connectivity index (χ2v) is 4.34. The molecule has 0 spiro atoms. The number of nitrogens with zero attached hydrogens (tertiary/aromatic N) is 1. The number of nitrogens with one attached hydrogen (secondary N) is 1. The lowest BCUT2D eigenvalue weighted by Gasteiger charge is -2.08. The molecule has 1 rings (SSSR count). The van der Waals surface area contributed by atoms with Crippen molar-refractivity contribution >= 4 is 23.4 Å². The van der Waals surface area contributed by atoms with Crippen molar-refractivity contribution in [1.82, 2.24) is 4.98 Å². The number of unbranched alkanes of at least 4 members (excludes halogenated alkanes) is 1. The van der Waals surface area contributed by atoms with Crippen molar-refractivity contribution in [2.45, 2.75) is 12.8 Å². The maximum Gasteiger partial charge on any atom is 0.339 e. The van der Waals surface area contributed by atoms with Crippen molar-refractivity contribution in [1.29, 1.82) is 0 Å². The average molecular weight is 240 g/mol. The Balaban J connectivity index is 2.44. The molecule has 4 nitrogen and oxygen atoms in total. The van der Waals surface area contributed by atoms with E-state index in [0.29, 0.717) is 5.69 Å². The Morgan fingerprint density at radius 1 is 1.56 bits per heavy atom. The predicted octanol–water partition coefficient (Wildman–Crippen LogP) is 2.33. The Kier molecular flexibility index (Phi) is 5.71. The zero-order valence-electron chi connectivity index (χ0n) is 9.27. The monoisotopic (exact) mass is 240 g/mol. The normalized spacial score (nSPS) is 10.1. The van der Waals surface area contributed by atoms with Gasteiger partial charge in [-0.3, -0.25) is 4.98 Å². The number of hydrogen-bond donors (Lipinski definition) is 2. The molecule has 0 atom stereocenters. The zero-order valence-corrected chi connectivity index (χ0v) is 10.1. The SMILES string of the molecule is CSCCCCNc1ccncc1C(=O)O. The number of aromatic carboxylic acids is 1. The third-order valence-electron chi connectivity index (χ3n) is 2.14. The van der Waals surface area contributed by atoms with Crippen LogP contribution in [0.3, 0.4) is 0 Å². The lowest BCUT2D eigenvalue weighted by atomic mass is 10.2. The van der Waals surface area contributed by atoms with Crippen LogP contribution in [-0.4, -0.2) is 34.6 Å². The second kappa shape index (κ2) is 7.11. The van der Waals surface area contributed by atoms with E-state index in [1.54, 1.807) is 12.3 Å². The Morgan fingerprint density at radius 2 is 2.38 bits per heavy atom. The topological polar surface area (TPSA) is 62.2 Å². The van der Waals surface area contributed by atoms with Gasteiger partial charge in [0.2, 0.25) is 0 Å². The van der Waals surface area contributed by atoms with E-state index in [4.69, 9.17) is 5.11 Å². The molecule has 0 aliphatic carbocycles. The highest BCUT2D eigenvalue weighted by Gasteiger charge is 2.08. The summed E-state index contributed by atoms with van der Waals surface area (Å²) in [6.07, 6.45) is 7.23. The molecule has 0 saturated heterocycles. The van der Waals surface area contributed by atoms with Crippen LogP contribution in [0.4, 0.5) is 5.69 Å². The maximum absolute atomic E-state index is 10.9. The number of carboxylic acid groups (broad SMARTS) is 1. The van der Waals surface area contributed by atoms with E-state index in [1.807, 2.05) is 11.8 Å². The highest BCUT2D eigenvalue weighted by Crippen LogP contribution is 2.13. The first kappa shape index (κ1) is 12.8. The van der Waals surface area contributed by atoms with Crippen molar-refractivity contribution in [3.8, 4) is 0 Å². The Bertz CT molecular complexity index is 345. The van der Waals surface area contributed by atoms with Gasteiger partial charge in [0.05, 0.1) is 5.69 Å². The molecule has 1 aromatic heterocycles. The van der Waals surface area contributed by atoms with Crippen molar-refractivity contribution < 1.29 is 9.90 Å². The van der Waals surface area contributed by atoms with Gasteiger partial charge in [0.25, 0.3) is 0 Å². The molecule has 16 heavy (non-hydrogen) atoms. The van der Waals surface area contributed by atoms with Crippen LogP contribution in [-0.2, 0) is 0 Å². The number of hydrogen-bond acceptors (Lipinski definition) is 4. The summed E-state index contributed by atoms with van der Waals surface area (Å²) in [6.45, 7) is 0.796. The molecule has 0 aliphatic rings.